The summed E-state index contributed by atoms with van der Waals surface area (Å²) >= 11 is 0. The highest BCUT2D eigenvalue weighted by atomic mass is 16.2. The highest BCUT2D eigenvalue weighted by Gasteiger charge is 2.17. The highest BCUT2D eigenvalue weighted by Crippen LogP contribution is 2.21. The second kappa shape index (κ2) is 7.58. The minimum absolute atomic E-state index is 0.653. The minimum Gasteiger partial charge on any atom is -0.318 e. The molecule has 0 spiro atoms. The van der Waals surface area contributed by atoms with Gasteiger partial charge in [-0.05, 0) is 42.5 Å². The zero-order chi connectivity index (χ0) is 16.8. The summed E-state index contributed by atoms with van der Waals surface area (Å²) in [5.74, 6) is -1.31. The largest absolute Gasteiger partial charge is 0.318 e. The van der Waals surface area contributed by atoms with Gasteiger partial charge in [0.15, 0.2) is 0 Å². The number of carbonyl (C=O) groups is 2. The highest BCUT2D eigenvalue weighted by molar-refractivity contribution is 6.43. The summed E-state index contributed by atoms with van der Waals surface area (Å²) in [6.07, 6.45) is 1.58. The molecule has 2 amide bonds. The van der Waals surface area contributed by atoms with Crippen molar-refractivity contribution in [2.75, 3.05) is 10.6 Å². The van der Waals surface area contributed by atoms with Gasteiger partial charge in [-0.25, -0.2) is 0 Å². The van der Waals surface area contributed by atoms with Gasteiger partial charge in [0.1, 0.15) is 0 Å². The van der Waals surface area contributed by atoms with Crippen molar-refractivity contribution >= 4 is 23.2 Å². The third-order valence-corrected chi connectivity index (χ3v) is 3.83. The molecule has 2 N–H and O–H groups in total. The van der Waals surface area contributed by atoms with Crippen LogP contribution in [0.25, 0.3) is 0 Å². The Morgan fingerprint density at radius 2 is 1.43 bits per heavy atom. The van der Waals surface area contributed by atoms with Crippen molar-refractivity contribution in [1.82, 2.24) is 0 Å². The van der Waals surface area contributed by atoms with E-state index in [1.165, 1.54) is 0 Å². The Hall–Kier alpha value is -2.62. The third-order valence-electron chi connectivity index (χ3n) is 3.83. The van der Waals surface area contributed by atoms with Gasteiger partial charge in [0, 0.05) is 11.4 Å². The van der Waals surface area contributed by atoms with Gasteiger partial charge >= 0.3 is 11.8 Å². The summed E-state index contributed by atoms with van der Waals surface area (Å²) in [5.41, 5.74) is 4.35. The van der Waals surface area contributed by atoms with Gasteiger partial charge in [-0.3, -0.25) is 9.59 Å². The Balaban J connectivity index is 2.14. The number of aryl methyl sites for hydroxylation is 3. The van der Waals surface area contributed by atoms with Crippen molar-refractivity contribution in [2.24, 2.45) is 0 Å². The van der Waals surface area contributed by atoms with Gasteiger partial charge in [0.25, 0.3) is 0 Å². The number of rotatable bonds is 4. The van der Waals surface area contributed by atoms with Gasteiger partial charge in [-0.2, -0.15) is 0 Å². The summed E-state index contributed by atoms with van der Waals surface area (Å²) in [7, 11) is 0. The summed E-state index contributed by atoms with van der Waals surface area (Å²) in [6, 6.07) is 13.3. The van der Waals surface area contributed by atoms with Crippen LogP contribution in [0.1, 0.15) is 30.5 Å². The normalized spacial score (nSPS) is 10.2. The molecule has 0 unspecified atom stereocenters. The van der Waals surface area contributed by atoms with E-state index in [0.717, 1.165) is 35.2 Å². The first-order valence-corrected chi connectivity index (χ1v) is 7.85. The van der Waals surface area contributed by atoms with Crippen LogP contribution in [0.4, 0.5) is 11.4 Å². The van der Waals surface area contributed by atoms with Crippen molar-refractivity contribution in [3.8, 4) is 0 Å². The lowest BCUT2D eigenvalue weighted by atomic mass is 10.1. The molecule has 23 heavy (non-hydrogen) atoms. The fourth-order valence-corrected chi connectivity index (χ4v) is 2.50. The van der Waals surface area contributed by atoms with Crippen LogP contribution in [0, 0.1) is 6.92 Å². The van der Waals surface area contributed by atoms with Crippen LogP contribution in [0.15, 0.2) is 42.5 Å². The van der Waals surface area contributed by atoms with Gasteiger partial charge in [-0.1, -0.05) is 50.2 Å². The first kappa shape index (κ1) is 16.7. The number of para-hydroxylation sites is 2. The zero-order valence-electron chi connectivity index (χ0n) is 13.8. The van der Waals surface area contributed by atoms with E-state index >= 15 is 0 Å². The van der Waals surface area contributed by atoms with Crippen LogP contribution in [0.5, 0.6) is 0 Å². The lowest BCUT2D eigenvalue weighted by molar-refractivity contribution is -0.133. The molecule has 120 valence electrons. The number of hydrogen-bond donors (Lipinski definition) is 2. The molecule has 0 aliphatic rings. The molecule has 0 aliphatic heterocycles. The van der Waals surface area contributed by atoms with E-state index in [1.807, 2.05) is 57.2 Å². The van der Waals surface area contributed by atoms with Crippen LogP contribution in [-0.4, -0.2) is 11.8 Å². The maximum Gasteiger partial charge on any atom is 0.314 e. The maximum atomic E-state index is 12.2. The van der Waals surface area contributed by atoms with E-state index in [2.05, 4.69) is 10.6 Å². The fourth-order valence-electron chi connectivity index (χ4n) is 2.50. The van der Waals surface area contributed by atoms with E-state index in [0.29, 0.717) is 5.69 Å². The first-order chi connectivity index (χ1) is 11.1. The summed E-state index contributed by atoms with van der Waals surface area (Å²) in [4.78, 5) is 24.4. The molecule has 0 fully saturated rings. The molecule has 0 atom stereocenters. The molecule has 4 nitrogen and oxygen atoms in total. The van der Waals surface area contributed by atoms with Crippen molar-refractivity contribution in [3.63, 3.8) is 0 Å². The van der Waals surface area contributed by atoms with Gasteiger partial charge in [0.05, 0.1) is 0 Å². The number of amides is 2. The first-order valence-electron chi connectivity index (χ1n) is 7.85. The van der Waals surface area contributed by atoms with E-state index < -0.39 is 11.8 Å². The van der Waals surface area contributed by atoms with Gasteiger partial charge < -0.3 is 10.6 Å². The molecule has 0 heterocycles. The lowest BCUT2D eigenvalue weighted by Gasteiger charge is -2.13. The Morgan fingerprint density at radius 1 is 0.826 bits per heavy atom. The topological polar surface area (TPSA) is 58.2 Å². The molecule has 0 bridgehead atoms. The molecule has 2 aromatic carbocycles. The van der Waals surface area contributed by atoms with Gasteiger partial charge in [-0.15, -0.1) is 0 Å². The standard InChI is InChI=1S/C19H22N2O2/c1-4-14-10-6-7-12-16(14)20-18(22)19(23)21-17-13(3)9-8-11-15(17)5-2/h6-12H,4-5H2,1-3H3,(H,20,22)(H,21,23). The number of benzene rings is 2. The molecule has 0 saturated heterocycles. The number of hydrogen-bond acceptors (Lipinski definition) is 2. The number of nitrogens with one attached hydrogen (secondary N) is 2. The van der Waals surface area contributed by atoms with E-state index in [-0.39, 0.29) is 0 Å². The minimum atomic E-state index is -0.656. The molecule has 0 aromatic heterocycles. The molecule has 0 radical (unpaired) electrons. The number of carbonyl (C=O) groups excluding carboxylic acids is 2. The van der Waals surface area contributed by atoms with Crippen LogP contribution in [-0.2, 0) is 22.4 Å². The van der Waals surface area contributed by atoms with Gasteiger partial charge in [0.2, 0.25) is 0 Å². The Bertz CT molecular complexity index is 723. The predicted octanol–water partition coefficient (Wildman–Crippen LogP) is 3.70. The Labute approximate surface area is 136 Å². The summed E-state index contributed by atoms with van der Waals surface area (Å²) in [5, 5.41) is 5.42. The molecule has 2 rings (SSSR count). The van der Waals surface area contributed by atoms with E-state index in [1.54, 1.807) is 6.07 Å². The molecule has 0 aliphatic carbocycles. The average molecular weight is 310 g/mol. The maximum absolute atomic E-state index is 12.2. The van der Waals surface area contributed by atoms with E-state index in [9.17, 15) is 9.59 Å². The monoisotopic (exact) mass is 310 g/mol. The molecular weight excluding hydrogens is 288 g/mol. The van der Waals surface area contributed by atoms with Crippen molar-refractivity contribution in [2.45, 2.75) is 33.6 Å². The quantitative estimate of drug-likeness (QED) is 0.846. The van der Waals surface area contributed by atoms with Crippen LogP contribution >= 0.6 is 0 Å². The Morgan fingerprint density at radius 3 is 2.13 bits per heavy atom. The summed E-state index contributed by atoms with van der Waals surface area (Å²) in [6.45, 7) is 5.94. The van der Waals surface area contributed by atoms with Crippen molar-refractivity contribution in [3.05, 3.63) is 59.2 Å². The van der Waals surface area contributed by atoms with Crippen molar-refractivity contribution < 1.29 is 9.59 Å². The fraction of sp³-hybridized carbons (Fsp3) is 0.263. The molecule has 2 aromatic rings. The predicted molar refractivity (Wildman–Crippen MR) is 93.6 cm³/mol. The van der Waals surface area contributed by atoms with Crippen LogP contribution < -0.4 is 10.6 Å². The smallest absolute Gasteiger partial charge is 0.314 e. The SMILES string of the molecule is CCc1ccccc1NC(=O)C(=O)Nc1c(C)cccc1CC. The second-order valence-electron chi connectivity index (χ2n) is 5.38. The van der Waals surface area contributed by atoms with Crippen LogP contribution in [0.3, 0.4) is 0 Å². The average Bonchev–Trinajstić information content (AvgIpc) is 2.57. The Kier molecular flexibility index (Phi) is 5.52. The second-order valence-corrected chi connectivity index (χ2v) is 5.38. The van der Waals surface area contributed by atoms with Crippen molar-refractivity contribution in [1.29, 1.82) is 0 Å². The molecular formula is C19H22N2O2. The van der Waals surface area contributed by atoms with Crippen LogP contribution in [0.2, 0.25) is 0 Å². The number of anilines is 2. The lowest BCUT2D eigenvalue weighted by Crippen LogP contribution is -2.30. The third kappa shape index (κ3) is 3.97. The summed E-state index contributed by atoms with van der Waals surface area (Å²) < 4.78 is 0. The molecule has 0 saturated carbocycles. The zero-order valence-corrected chi connectivity index (χ0v) is 13.8. The van der Waals surface area contributed by atoms with E-state index in [4.69, 9.17) is 0 Å². The molecule has 4 heteroatoms.